The Labute approximate surface area is 184 Å². The SMILES string of the molecule is CCCSNc1cccc(-c2cn(-c3ccc(C=O)cc3)nc2-c2ccncc2)c1F. The maximum atomic E-state index is 15.4. The highest BCUT2D eigenvalue weighted by Crippen LogP contribution is 2.36. The van der Waals surface area contributed by atoms with Crippen molar-refractivity contribution in [2.45, 2.75) is 13.3 Å². The van der Waals surface area contributed by atoms with Crippen LogP contribution in [0.25, 0.3) is 28.1 Å². The van der Waals surface area contributed by atoms with E-state index < -0.39 is 0 Å². The minimum Gasteiger partial charge on any atom is -0.327 e. The van der Waals surface area contributed by atoms with Crippen molar-refractivity contribution < 1.29 is 9.18 Å². The van der Waals surface area contributed by atoms with Gasteiger partial charge in [0.15, 0.2) is 5.82 Å². The number of hydrogen-bond acceptors (Lipinski definition) is 5. The van der Waals surface area contributed by atoms with E-state index in [0.717, 1.165) is 29.7 Å². The molecular weight excluding hydrogens is 411 g/mol. The van der Waals surface area contributed by atoms with E-state index in [0.29, 0.717) is 28.1 Å². The van der Waals surface area contributed by atoms with Crippen molar-refractivity contribution in [3.8, 4) is 28.1 Å². The lowest BCUT2D eigenvalue weighted by atomic mass is 10.0. The standard InChI is InChI=1S/C24H21FN4OS/c1-2-14-31-28-22-5-3-4-20(23(22)25)21-15-29(19-8-6-17(16-30)7-9-19)27-24(21)18-10-12-26-13-11-18/h3-13,15-16,28H,2,14H2,1H3. The van der Waals surface area contributed by atoms with Crippen LogP contribution < -0.4 is 4.72 Å². The number of halogens is 1. The van der Waals surface area contributed by atoms with Crippen LogP contribution in [0.2, 0.25) is 0 Å². The smallest absolute Gasteiger partial charge is 0.155 e. The van der Waals surface area contributed by atoms with Crippen LogP contribution in [0.15, 0.2) is 73.2 Å². The van der Waals surface area contributed by atoms with Crippen molar-refractivity contribution in [3.63, 3.8) is 0 Å². The van der Waals surface area contributed by atoms with Crippen molar-refractivity contribution in [1.82, 2.24) is 14.8 Å². The maximum absolute atomic E-state index is 15.4. The Hall–Kier alpha value is -3.45. The molecule has 2 aromatic heterocycles. The maximum Gasteiger partial charge on any atom is 0.155 e. The molecule has 4 rings (SSSR count). The van der Waals surface area contributed by atoms with Gasteiger partial charge in [-0.2, -0.15) is 5.10 Å². The zero-order chi connectivity index (χ0) is 21.6. The van der Waals surface area contributed by atoms with Gasteiger partial charge in [-0.1, -0.05) is 31.0 Å². The van der Waals surface area contributed by atoms with E-state index in [4.69, 9.17) is 5.10 Å². The van der Waals surface area contributed by atoms with Crippen LogP contribution in [-0.4, -0.2) is 26.8 Å². The van der Waals surface area contributed by atoms with Crippen LogP contribution in [0.4, 0.5) is 10.1 Å². The second kappa shape index (κ2) is 9.57. The van der Waals surface area contributed by atoms with E-state index in [-0.39, 0.29) is 5.82 Å². The molecular formula is C24H21FN4OS. The van der Waals surface area contributed by atoms with Crippen molar-refractivity contribution in [3.05, 3.63) is 84.6 Å². The number of carbonyl (C=O) groups is 1. The number of aromatic nitrogens is 3. The first-order valence-electron chi connectivity index (χ1n) is 9.93. The molecule has 0 fully saturated rings. The van der Waals surface area contributed by atoms with E-state index in [1.54, 1.807) is 41.3 Å². The highest BCUT2D eigenvalue weighted by molar-refractivity contribution is 8.00. The molecule has 0 unspecified atom stereocenters. The van der Waals surface area contributed by atoms with Gasteiger partial charge in [0, 0.05) is 46.6 Å². The third-order valence-corrected chi connectivity index (χ3v) is 5.72. The zero-order valence-corrected chi connectivity index (χ0v) is 17.8. The summed E-state index contributed by atoms with van der Waals surface area (Å²) in [5.74, 6) is 0.568. The average Bonchev–Trinajstić information content (AvgIpc) is 3.26. The molecule has 0 aliphatic carbocycles. The van der Waals surface area contributed by atoms with Crippen LogP contribution in [0.1, 0.15) is 23.7 Å². The first-order valence-corrected chi connectivity index (χ1v) is 10.9. The third-order valence-electron chi connectivity index (χ3n) is 4.74. The number of nitrogens with zero attached hydrogens (tertiary/aromatic N) is 3. The summed E-state index contributed by atoms with van der Waals surface area (Å²) in [5.41, 5.74) is 4.43. The molecule has 0 spiro atoms. The predicted molar refractivity (Wildman–Crippen MR) is 124 cm³/mol. The lowest BCUT2D eigenvalue weighted by molar-refractivity contribution is 0.112. The van der Waals surface area contributed by atoms with Crippen molar-refractivity contribution in [2.75, 3.05) is 10.5 Å². The zero-order valence-electron chi connectivity index (χ0n) is 17.0. The van der Waals surface area contributed by atoms with Gasteiger partial charge in [-0.3, -0.25) is 9.78 Å². The normalized spacial score (nSPS) is 10.8. The third kappa shape index (κ3) is 4.51. The monoisotopic (exact) mass is 432 g/mol. The van der Waals surface area contributed by atoms with Crippen molar-refractivity contribution in [1.29, 1.82) is 0 Å². The molecule has 5 nitrogen and oxygen atoms in total. The molecule has 4 aromatic rings. The minimum absolute atomic E-state index is 0.322. The number of anilines is 1. The first kappa shape index (κ1) is 20.8. The Morgan fingerprint density at radius 1 is 1.06 bits per heavy atom. The minimum atomic E-state index is -0.322. The summed E-state index contributed by atoms with van der Waals surface area (Å²) < 4.78 is 20.2. The molecule has 0 atom stereocenters. The van der Waals surface area contributed by atoms with Gasteiger partial charge < -0.3 is 4.72 Å². The highest BCUT2D eigenvalue weighted by Gasteiger charge is 2.19. The summed E-state index contributed by atoms with van der Waals surface area (Å²) in [5, 5.41) is 4.74. The van der Waals surface area contributed by atoms with Gasteiger partial charge in [0.05, 0.1) is 11.4 Å². The Balaban J connectivity index is 1.82. The van der Waals surface area contributed by atoms with Gasteiger partial charge in [0.25, 0.3) is 0 Å². The molecule has 0 amide bonds. The van der Waals surface area contributed by atoms with Gasteiger partial charge in [-0.25, -0.2) is 9.07 Å². The van der Waals surface area contributed by atoms with Gasteiger partial charge in [-0.05, 0) is 48.9 Å². The van der Waals surface area contributed by atoms with E-state index in [1.165, 1.54) is 11.9 Å². The van der Waals surface area contributed by atoms with Crippen LogP contribution >= 0.6 is 11.9 Å². The lowest BCUT2D eigenvalue weighted by Gasteiger charge is -2.10. The number of aldehydes is 1. The van der Waals surface area contributed by atoms with Crippen molar-refractivity contribution in [2.24, 2.45) is 0 Å². The molecule has 0 saturated heterocycles. The fourth-order valence-corrected chi connectivity index (χ4v) is 3.80. The first-order chi connectivity index (χ1) is 15.2. The Morgan fingerprint density at radius 2 is 1.84 bits per heavy atom. The van der Waals surface area contributed by atoms with Gasteiger partial charge in [0.1, 0.15) is 12.0 Å². The number of nitrogens with one attached hydrogen (secondary N) is 1. The summed E-state index contributed by atoms with van der Waals surface area (Å²) in [6, 6.07) is 16.1. The summed E-state index contributed by atoms with van der Waals surface area (Å²) in [7, 11) is 0. The molecule has 156 valence electrons. The van der Waals surface area contributed by atoms with Crippen LogP contribution in [0, 0.1) is 5.82 Å². The quantitative estimate of drug-likeness (QED) is 0.209. The van der Waals surface area contributed by atoms with Crippen molar-refractivity contribution >= 4 is 23.9 Å². The second-order valence-corrected chi connectivity index (χ2v) is 7.80. The molecule has 0 aliphatic rings. The summed E-state index contributed by atoms with van der Waals surface area (Å²) in [4.78, 5) is 15.0. The number of benzene rings is 2. The number of pyridine rings is 1. The summed E-state index contributed by atoms with van der Waals surface area (Å²) in [6.07, 6.45) is 6.98. The highest BCUT2D eigenvalue weighted by atomic mass is 32.2. The predicted octanol–water partition coefficient (Wildman–Crippen LogP) is 6.02. The van der Waals surface area contributed by atoms with Crippen LogP contribution in [0.3, 0.4) is 0 Å². The largest absolute Gasteiger partial charge is 0.327 e. The molecule has 2 heterocycles. The van der Waals surface area contributed by atoms with Crippen LogP contribution in [-0.2, 0) is 0 Å². The van der Waals surface area contributed by atoms with E-state index in [2.05, 4.69) is 16.6 Å². The molecule has 0 radical (unpaired) electrons. The average molecular weight is 433 g/mol. The van der Waals surface area contributed by atoms with E-state index in [9.17, 15) is 4.79 Å². The molecule has 1 N–H and O–H groups in total. The van der Waals surface area contributed by atoms with Crippen LogP contribution in [0.5, 0.6) is 0 Å². The fourth-order valence-electron chi connectivity index (χ4n) is 3.18. The van der Waals surface area contributed by atoms with E-state index >= 15 is 4.39 Å². The lowest BCUT2D eigenvalue weighted by Crippen LogP contribution is -1.95. The Kier molecular flexibility index (Phi) is 6.43. The number of carbonyl (C=O) groups excluding carboxylic acids is 1. The topological polar surface area (TPSA) is 59.8 Å². The molecule has 0 saturated carbocycles. The molecule has 7 heteroatoms. The Bertz CT molecular complexity index is 1180. The molecule has 0 aliphatic heterocycles. The second-order valence-electron chi connectivity index (χ2n) is 6.90. The summed E-state index contributed by atoms with van der Waals surface area (Å²) in [6.45, 7) is 2.08. The fraction of sp³-hybridized carbons (Fsp3) is 0.125. The number of rotatable bonds is 8. The van der Waals surface area contributed by atoms with Gasteiger partial charge in [-0.15, -0.1) is 0 Å². The molecule has 31 heavy (non-hydrogen) atoms. The van der Waals surface area contributed by atoms with E-state index in [1.807, 2.05) is 36.5 Å². The van der Waals surface area contributed by atoms with Gasteiger partial charge >= 0.3 is 0 Å². The summed E-state index contributed by atoms with van der Waals surface area (Å²) >= 11 is 1.48. The number of hydrogen-bond donors (Lipinski definition) is 1. The van der Waals surface area contributed by atoms with Gasteiger partial charge in [0.2, 0.25) is 0 Å². The molecule has 0 bridgehead atoms. The molecule has 2 aromatic carbocycles. The Morgan fingerprint density at radius 3 is 2.55 bits per heavy atom.